The van der Waals surface area contributed by atoms with E-state index in [2.05, 4.69) is 11.4 Å². The highest BCUT2D eigenvalue weighted by Gasteiger charge is 2.07. The molecule has 0 spiro atoms. The fourth-order valence-electron chi connectivity index (χ4n) is 2.18. The van der Waals surface area contributed by atoms with Gasteiger partial charge in [-0.25, -0.2) is 13.6 Å². The Labute approximate surface area is 157 Å². The van der Waals surface area contributed by atoms with Crippen molar-refractivity contribution >= 4 is 27.7 Å². The number of nitrogens with zero attached hydrogens (tertiary/aromatic N) is 1. The Morgan fingerprint density at radius 1 is 1.08 bits per heavy atom. The molecule has 136 valence electrons. The number of hydrogen-bond acceptors (Lipinski definition) is 5. The monoisotopic (exact) mass is 389 g/mol. The summed E-state index contributed by atoms with van der Waals surface area (Å²) in [6, 6.07) is 15.6. The summed E-state index contributed by atoms with van der Waals surface area (Å²) in [7, 11) is -3.68. The Balaban J connectivity index is 1.68. The molecule has 8 heteroatoms. The van der Waals surface area contributed by atoms with Gasteiger partial charge in [-0.15, -0.1) is 11.8 Å². The molecule has 0 atom stereocenters. The molecule has 2 rings (SSSR count). The molecule has 0 aliphatic rings. The minimum atomic E-state index is -3.68. The SMILES string of the molecule is N#Cc1ccc(CSCC(=O)NCCc2ccc(S(N)(=O)=O)cc2)cc1. The van der Waals surface area contributed by atoms with Crippen LogP contribution >= 0.6 is 11.8 Å². The number of amides is 1. The topological polar surface area (TPSA) is 113 Å². The molecule has 0 aliphatic carbocycles. The predicted octanol–water partition coefficient (Wildman–Crippen LogP) is 1.80. The average molecular weight is 390 g/mol. The molecule has 0 radical (unpaired) electrons. The van der Waals surface area contributed by atoms with Crippen LogP contribution in [0.15, 0.2) is 53.4 Å². The third kappa shape index (κ3) is 6.52. The summed E-state index contributed by atoms with van der Waals surface area (Å²) in [6.45, 7) is 0.477. The maximum absolute atomic E-state index is 11.8. The molecule has 0 aromatic heterocycles. The first-order valence-electron chi connectivity index (χ1n) is 7.84. The summed E-state index contributed by atoms with van der Waals surface area (Å²) in [5, 5.41) is 16.6. The summed E-state index contributed by atoms with van der Waals surface area (Å²) in [4.78, 5) is 11.9. The van der Waals surface area contributed by atoms with E-state index in [1.54, 1.807) is 24.3 Å². The molecule has 0 fully saturated rings. The molecule has 0 aliphatic heterocycles. The second kappa shape index (κ2) is 9.38. The molecule has 1 amide bonds. The van der Waals surface area contributed by atoms with Crippen molar-refractivity contribution in [2.24, 2.45) is 5.14 Å². The molecule has 0 heterocycles. The van der Waals surface area contributed by atoms with Gasteiger partial charge < -0.3 is 5.32 Å². The van der Waals surface area contributed by atoms with Crippen LogP contribution in [-0.2, 0) is 27.0 Å². The van der Waals surface area contributed by atoms with Crippen LogP contribution in [0.5, 0.6) is 0 Å². The minimum Gasteiger partial charge on any atom is -0.355 e. The van der Waals surface area contributed by atoms with Gasteiger partial charge in [0.15, 0.2) is 0 Å². The molecule has 6 nitrogen and oxygen atoms in total. The standard InChI is InChI=1S/C18H19N3O3S2/c19-11-15-1-3-16(4-2-15)12-25-13-18(22)21-10-9-14-5-7-17(8-6-14)26(20,23)24/h1-8H,9-10,12-13H2,(H,21,22)(H2,20,23,24). The molecule has 3 N–H and O–H groups in total. The van der Waals surface area contributed by atoms with Crippen LogP contribution in [0.3, 0.4) is 0 Å². The number of carbonyl (C=O) groups excluding carboxylic acids is 1. The number of hydrogen-bond donors (Lipinski definition) is 2. The highest BCUT2D eigenvalue weighted by Crippen LogP contribution is 2.13. The lowest BCUT2D eigenvalue weighted by atomic mass is 10.1. The first-order chi connectivity index (χ1) is 12.4. The zero-order valence-corrected chi connectivity index (χ0v) is 15.6. The lowest BCUT2D eigenvalue weighted by Crippen LogP contribution is -2.27. The zero-order valence-electron chi connectivity index (χ0n) is 14.0. The Morgan fingerprint density at radius 2 is 1.69 bits per heavy atom. The molecule has 0 bridgehead atoms. The maximum atomic E-state index is 11.8. The van der Waals surface area contributed by atoms with E-state index in [1.165, 1.54) is 23.9 Å². The summed E-state index contributed by atoms with van der Waals surface area (Å²) in [5.74, 6) is 1.00. The van der Waals surface area contributed by atoms with Gasteiger partial charge in [0.2, 0.25) is 15.9 Å². The lowest BCUT2D eigenvalue weighted by Gasteiger charge is -2.06. The molecular weight excluding hydrogens is 370 g/mol. The Hall–Kier alpha value is -2.34. The van der Waals surface area contributed by atoms with Gasteiger partial charge in [0.25, 0.3) is 0 Å². The van der Waals surface area contributed by atoms with E-state index in [-0.39, 0.29) is 10.8 Å². The highest BCUT2D eigenvalue weighted by molar-refractivity contribution is 7.99. The van der Waals surface area contributed by atoms with Crippen LogP contribution in [0.1, 0.15) is 16.7 Å². The summed E-state index contributed by atoms with van der Waals surface area (Å²) in [5.41, 5.74) is 2.60. The number of thioether (sulfide) groups is 1. The van der Waals surface area contributed by atoms with Gasteiger partial charge in [0, 0.05) is 12.3 Å². The van der Waals surface area contributed by atoms with Gasteiger partial charge in [-0.05, 0) is 41.8 Å². The van der Waals surface area contributed by atoms with E-state index in [4.69, 9.17) is 10.4 Å². The number of sulfonamides is 1. The Bertz CT molecular complexity index is 887. The largest absolute Gasteiger partial charge is 0.355 e. The van der Waals surface area contributed by atoms with E-state index in [9.17, 15) is 13.2 Å². The normalized spacial score (nSPS) is 10.9. The summed E-state index contributed by atoms with van der Waals surface area (Å²) < 4.78 is 22.4. The summed E-state index contributed by atoms with van der Waals surface area (Å²) >= 11 is 1.50. The number of nitrogens with one attached hydrogen (secondary N) is 1. The number of carbonyl (C=O) groups is 1. The Morgan fingerprint density at radius 3 is 2.27 bits per heavy atom. The second-order valence-electron chi connectivity index (χ2n) is 5.59. The van der Waals surface area contributed by atoms with Gasteiger partial charge in [-0.3, -0.25) is 4.79 Å². The smallest absolute Gasteiger partial charge is 0.238 e. The van der Waals surface area contributed by atoms with E-state index < -0.39 is 10.0 Å². The fraction of sp³-hybridized carbons (Fsp3) is 0.222. The van der Waals surface area contributed by atoms with Crippen molar-refractivity contribution < 1.29 is 13.2 Å². The van der Waals surface area contributed by atoms with Crippen LogP contribution in [0.25, 0.3) is 0 Å². The molecule has 0 saturated carbocycles. The van der Waals surface area contributed by atoms with Crippen LogP contribution in [0.4, 0.5) is 0 Å². The quantitative estimate of drug-likeness (QED) is 0.715. The van der Waals surface area contributed by atoms with Crippen molar-refractivity contribution in [1.82, 2.24) is 5.32 Å². The van der Waals surface area contributed by atoms with Crippen molar-refractivity contribution in [2.45, 2.75) is 17.1 Å². The highest BCUT2D eigenvalue weighted by atomic mass is 32.2. The average Bonchev–Trinajstić information content (AvgIpc) is 2.62. The van der Waals surface area contributed by atoms with Gasteiger partial charge in [-0.1, -0.05) is 24.3 Å². The van der Waals surface area contributed by atoms with Crippen LogP contribution in [-0.4, -0.2) is 26.6 Å². The van der Waals surface area contributed by atoms with Gasteiger partial charge >= 0.3 is 0 Å². The number of nitrogens with two attached hydrogens (primary N) is 1. The van der Waals surface area contributed by atoms with E-state index in [1.807, 2.05) is 12.1 Å². The van der Waals surface area contributed by atoms with E-state index in [0.29, 0.717) is 30.0 Å². The molecule has 2 aromatic rings. The summed E-state index contributed by atoms with van der Waals surface area (Å²) in [6.07, 6.45) is 0.608. The Kier molecular flexibility index (Phi) is 7.21. The third-order valence-corrected chi connectivity index (χ3v) is 5.51. The maximum Gasteiger partial charge on any atom is 0.238 e. The first-order valence-corrected chi connectivity index (χ1v) is 10.5. The van der Waals surface area contributed by atoms with Crippen molar-refractivity contribution in [3.05, 3.63) is 65.2 Å². The van der Waals surface area contributed by atoms with Crippen molar-refractivity contribution in [3.63, 3.8) is 0 Å². The third-order valence-electron chi connectivity index (χ3n) is 3.57. The van der Waals surface area contributed by atoms with Crippen molar-refractivity contribution in [1.29, 1.82) is 5.26 Å². The van der Waals surface area contributed by atoms with E-state index in [0.717, 1.165) is 11.1 Å². The van der Waals surface area contributed by atoms with Crippen LogP contribution < -0.4 is 10.5 Å². The number of benzene rings is 2. The predicted molar refractivity (Wildman–Crippen MR) is 102 cm³/mol. The minimum absolute atomic E-state index is 0.0511. The van der Waals surface area contributed by atoms with Crippen LogP contribution in [0.2, 0.25) is 0 Å². The van der Waals surface area contributed by atoms with Crippen molar-refractivity contribution in [2.75, 3.05) is 12.3 Å². The molecule has 26 heavy (non-hydrogen) atoms. The zero-order chi connectivity index (χ0) is 19.0. The number of primary sulfonamides is 1. The molecule has 2 aromatic carbocycles. The fourth-order valence-corrected chi connectivity index (χ4v) is 3.51. The number of rotatable bonds is 8. The molecule has 0 saturated heterocycles. The molecular formula is C18H19N3O3S2. The first kappa shape index (κ1) is 20.0. The van der Waals surface area contributed by atoms with Gasteiger partial charge in [-0.2, -0.15) is 5.26 Å². The van der Waals surface area contributed by atoms with Crippen LogP contribution in [0, 0.1) is 11.3 Å². The second-order valence-corrected chi connectivity index (χ2v) is 8.14. The van der Waals surface area contributed by atoms with Gasteiger partial charge in [0.1, 0.15) is 0 Å². The van der Waals surface area contributed by atoms with Gasteiger partial charge in [0.05, 0.1) is 22.3 Å². The molecule has 0 unspecified atom stereocenters. The van der Waals surface area contributed by atoms with E-state index >= 15 is 0 Å². The number of nitriles is 1. The van der Waals surface area contributed by atoms with Crippen molar-refractivity contribution in [3.8, 4) is 6.07 Å². The lowest BCUT2D eigenvalue weighted by molar-refractivity contribution is -0.118.